The molecule has 1 aliphatic carbocycles. The number of rotatable bonds is 3. The average Bonchev–Trinajstić information content (AvgIpc) is 2.69. The lowest BCUT2D eigenvalue weighted by Gasteiger charge is -2.49. The summed E-state index contributed by atoms with van der Waals surface area (Å²) >= 11 is 5.91. The smallest absolute Gasteiger partial charge is 0.188 e. The van der Waals surface area contributed by atoms with Crippen molar-refractivity contribution in [2.24, 2.45) is 5.92 Å². The second kappa shape index (κ2) is 6.97. The van der Waals surface area contributed by atoms with E-state index in [1.54, 1.807) is 0 Å². The minimum atomic E-state index is -4.12. The van der Waals surface area contributed by atoms with Crippen LogP contribution in [0.25, 0.3) is 0 Å². The topological polar surface area (TPSA) is 52.6 Å². The number of methoxy groups -OCH3 is 1. The molecule has 0 aromatic heterocycles. The zero-order valence-corrected chi connectivity index (χ0v) is 16.7. The molecule has 8 heteroatoms. The van der Waals surface area contributed by atoms with Crippen molar-refractivity contribution in [1.29, 1.82) is 0 Å². The number of sulfone groups is 1. The van der Waals surface area contributed by atoms with Gasteiger partial charge >= 0.3 is 0 Å². The fourth-order valence-corrected chi connectivity index (χ4v) is 7.15. The molecule has 1 saturated carbocycles. The molecule has 28 heavy (non-hydrogen) atoms. The molecular weight excluding hydrogens is 410 g/mol. The average molecular weight is 429 g/mol. The lowest BCUT2D eigenvalue weighted by molar-refractivity contribution is -0.0279. The Labute approximate surface area is 167 Å². The standard InChI is InChI=1S/C20H19ClF2O4S/c1-26-17-3-2-10-20(28(24,25)13-6-4-12(21)5-7-13)14(17)11-27-19-16(23)9-8-15(22)18(19)20/h4-9,14,17H,2-3,10-11H2,1H3. The maximum atomic E-state index is 15.0. The molecule has 4 nitrogen and oxygen atoms in total. The summed E-state index contributed by atoms with van der Waals surface area (Å²) in [6.45, 7) is -0.0707. The zero-order chi connectivity index (χ0) is 20.1. The lowest BCUT2D eigenvalue weighted by atomic mass is 9.71. The van der Waals surface area contributed by atoms with Crippen molar-refractivity contribution in [3.8, 4) is 5.75 Å². The van der Waals surface area contributed by atoms with Crippen molar-refractivity contribution in [2.75, 3.05) is 13.7 Å². The Balaban J connectivity index is 2.04. The highest BCUT2D eigenvalue weighted by atomic mass is 35.5. The first-order valence-corrected chi connectivity index (χ1v) is 10.8. The number of benzene rings is 2. The third kappa shape index (κ3) is 2.67. The summed E-state index contributed by atoms with van der Waals surface area (Å²) in [5.41, 5.74) is -0.236. The van der Waals surface area contributed by atoms with Crippen molar-refractivity contribution < 1.29 is 26.7 Å². The van der Waals surface area contributed by atoms with Gasteiger partial charge in [-0.05, 0) is 55.7 Å². The van der Waals surface area contributed by atoms with Crippen LogP contribution < -0.4 is 4.74 Å². The number of ether oxygens (including phenoxy) is 2. The number of hydrogen-bond acceptors (Lipinski definition) is 4. The van der Waals surface area contributed by atoms with Crippen molar-refractivity contribution in [3.05, 3.63) is 58.6 Å². The Morgan fingerprint density at radius 2 is 1.82 bits per heavy atom. The van der Waals surface area contributed by atoms with Gasteiger partial charge in [-0.2, -0.15) is 0 Å². The van der Waals surface area contributed by atoms with Crippen molar-refractivity contribution in [1.82, 2.24) is 0 Å². The predicted molar refractivity (Wildman–Crippen MR) is 100 cm³/mol. The van der Waals surface area contributed by atoms with Crippen molar-refractivity contribution in [2.45, 2.75) is 35.0 Å². The number of hydrogen-bond donors (Lipinski definition) is 0. The minimum absolute atomic E-state index is 0.00941. The Morgan fingerprint density at radius 1 is 1.14 bits per heavy atom. The minimum Gasteiger partial charge on any atom is -0.490 e. The van der Waals surface area contributed by atoms with E-state index in [1.807, 2.05) is 0 Å². The van der Waals surface area contributed by atoms with E-state index in [-0.39, 0.29) is 29.2 Å². The first kappa shape index (κ1) is 19.6. The van der Waals surface area contributed by atoms with Gasteiger partial charge in [0.2, 0.25) is 0 Å². The van der Waals surface area contributed by atoms with Gasteiger partial charge < -0.3 is 9.47 Å². The van der Waals surface area contributed by atoms with Gasteiger partial charge in [-0.1, -0.05) is 11.6 Å². The van der Waals surface area contributed by atoms with Crippen LogP contribution in [-0.2, 0) is 19.3 Å². The first-order chi connectivity index (χ1) is 13.3. The van der Waals surface area contributed by atoms with Gasteiger partial charge in [-0.15, -0.1) is 0 Å². The summed E-state index contributed by atoms with van der Waals surface area (Å²) < 4.78 is 66.7. The molecule has 0 bridgehead atoms. The molecule has 0 spiro atoms. The Hall–Kier alpha value is -1.70. The van der Waals surface area contributed by atoms with Crippen LogP contribution in [0.4, 0.5) is 8.78 Å². The second-order valence-electron chi connectivity index (χ2n) is 7.16. The van der Waals surface area contributed by atoms with Gasteiger partial charge in [0.25, 0.3) is 0 Å². The molecule has 2 aliphatic rings. The molecule has 4 rings (SSSR count). The molecule has 1 aliphatic heterocycles. The molecule has 0 amide bonds. The molecule has 150 valence electrons. The highest BCUT2D eigenvalue weighted by molar-refractivity contribution is 7.92. The molecule has 1 fully saturated rings. The van der Waals surface area contributed by atoms with E-state index in [2.05, 4.69) is 0 Å². The van der Waals surface area contributed by atoms with Crippen LogP contribution in [-0.4, -0.2) is 28.2 Å². The summed E-state index contributed by atoms with van der Waals surface area (Å²) in [7, 11) is -2.63. The molecule has 0 radical (unpaired) electrons. The summed E-state index contributed by atoms with van der Waals surface area (Å²) in [4.78, 5) is 0.00941. The molecular formula is C20H19ClF2O4S. The van der Waals surface area contributed by atoms with Crippen LogP contribution in [0, 0.1) is 17.6 Å². The normalized spacial score (nSPS) is 26.9. The summed E-state index contributed by atoms with van der Waals surface area (Å²) in [5.74, 6) is -2.57. The van der Waals surface area contributed by atoms with E-state index in [0.717, 1.165) is 12.1 Å². The molecule has 1 heterocycles. The second-order valence-corrected chi connectivity index (χ2v) is 9.81. The molecule has 2 aromatic carbocycles. The quantitative estimate of drug-likeness (QED) is 0.722. The van der Waals surface area contributed by atoms with Crippen LogP contribution in [0.1, 0.15) is 24.8 Å². The largest absolute Gasteiger partial charge is 0.490 e. The van der Waals surface area contributed by atoms with Crippen LogP contribution in [0.3, 0.4) is 0 Å². The predicted octanol–water partition coefficient (Wildman–Crippen LogP) is 4.49. The number of halogens is 3. The molecule has 0 N–H and O–H groups in total. The van der Waals surface area contributed by atoms with Gasteiger partial charge in [-0.3, -0.25) is 0 Å². The third-order valence-corrected chi connectivity index (χ3v) is 8.69. The van der Waals surface area contributed by atoms with Gasteiger partial charge in [0.1, 0.15) is 10.6 Å². The summed E-state index contributed by atoms with van der Waals surface area (Å²) in [6, 6.07) is 7.64. The fraction of sp³-hybridized carbons (Fsp3) is 0.400. The Morgan fingerprint density at radius 3 is 2.50 bits per heavy atom. The lowest BCUT2D eigenvalue weighted by Crippen LogP contribution is -2.56. The monoisotopic (exact) mass is 428 g/mol. The first-order valence-electron chi connectivity index (χ1n) is 8.97. The van der Waals surface area contributed by atoms with Crippen molar-refractivity contribution in [3.63, 3.8) is 0 Å². The maximum absolute atomic E-state index is 15.0. The van der Waals surface area contributed by atoms with Crippen LogP contribution in [0.5, 0.6) is 5.75 Å². The molecule has 3 atom stereocenters. The third-order valence-electron chi connectivity index (χ3n) is 5.88. The van der Waals surface area contributed by atoms with Crippen LogP contribution in [0.15, 0.2) is 41.3 Å². The summed E-state index contributed by atoms with van der Waals surface area (Å²) in [6.07, 6.45) is 0.817. The van der Waals surface area contributed by atoms with E-state index in [0.29, 0.717) is 17.9 Å². The van der Waals surface area contributed by atoms with E-state index < -0.39 is 38.2 Å². The van der Waals surface area contributed by atoms with Crippen molar-refractivity contribution >= 4 is 21.4 Å². The van der Waals surface area contributed by atoms with E-state index >= 15 is 4.39 Å². The van der Waals surface area contributed by atoms with E-state index in [1.165, 1.54) is 31.4 Å². The maximum Gasteiger partial charge on any atom is 0.188 e. The van der Waals surface area contributed by atoms with Crippen LogP contribution >= 0.6 is 11.6 Å². The molecule has 3 unspecified atom stereocenters. The highest BCUT2D eigenvalue weighted by Crippen LogP contribution is 2.56. The summed E-state index contributed by atoms with van der Waals surface area (Å²) in [5, 5.41) is 0.385. The zero-order valence-electron chi connectivity index (χ0n) is 15.1. The highest BCUT2D eigenvalue weighted by Gasteiger charge is 2.61. The molecule has 0 saturated heterocycles. The Kier molecular flexibility index (Phi) is 4.88. The van der Waals surface area contributed by atoms with Gasteiger partial charge in [-0.25, -0.2) is 17.2 Å². The molecule has 2 aromatic rings. The Bertz CT molecular complexity index is 1010. The van der Waals surface area contributed by atoms with Gasteiger partial charge in [0.15, 0.2) is 21.4 Å². The van der Waals surface area contributed by atoms with Gasteiger partial charge in [0, 0.05) is 18.1 Å². The van der Waals surface area contributed by atoms with Crippen LogP contribution in [0.2, 0.25) is 5.02 Å². The van der Waals surface area contributed by atoms with Gasteiger partial charge in [0.05, 0.1) is 23.2 Å². The van der Waals surface area contributed by atoms with E-state index in [9.17, 15) is 12.8 Å². The van der Waals surface area contributed by atoms with E-state index in [4.69, 9.17) is 21.1 Å². The fourth-order valence-electron chi connectivity index (χ4n) is 4.62. The SMILES string of the molecule is COC1CCCC2(S(=O)(=O)c3ccc(Cl)cc3)c3c(F)ccc(F)c3OCC12. The number of fused-ring (bicyclic) bond motifs is 3.